The van der Waals surface area contributed by atoms with Gasteiger partial charge < -0.3 is 9.84 Å². The van der Waals surface area contributed by atoms with Gasteiger partial charge in [0.2, 0.25) is 0 Å². The van der Waals surface area contributed by atoms with Crippen molar-refractivity contribution < 1.29 is 19.3 Å². The van der Waals surface area contributed by atoms with Crippen LogP contribution >= 0.6 is 0 Å². The van der Waals surface area contributed by atoms with Gasteiger partial charge in [-0.15, -0.1) is 4.68 Å². The number of carbonyl (C=O) groups is 1. The van der Waals surface area contributed by atoms with Gasteiger partial charge in [0, 0.05) is 25.9 Å². The molecule has 0 saturated heterocycles. The Balaban J connectivity index is 1.93. The fraction of sp³-hybridized carbons (Fsp3) is 0.800. The molecule has 1 fully saturated rings. The predicted molar refractivity (Wildman–Crippen MR) is 80.6 cm³/mol. The Labute approximate surface area is 125 Å². The Kier molecular flexibility index (Phi) is 5.73. The van der Waals surface area contributed by atoms with Gasteiger partial charge in [0.05, 0.1) is 18.2 Å². The van der Waals surface area contributed by atoms with Gasteiger partial charge >= 0.3 is 5.97 Å². The van der Waals surface area contributed by atoms with E-state index in [9.17, 15) is 4.79 Å². The number of aliphatic carboxylic acids is 1. The van der Waals surface area contributed by atoms with E-state index in [1.165, 1.54) is 5.71 Å². The van der Waals surface area contributed by atoms with Crippen molar-refractivity contribution in [3.8, 4) is 0 Å². The predicted octanol–water partition coefficient (Wildman–Crippen LogP) is 1.58. The number of hydrazone groups is 1. The molecule has 0 aromatic carbocycles. The van der Waals surface area contributed by atoms with Gasteiger partial charge in [0.1, 0.15) is 6.54 Å². The minimum atomic E-state index is -0.771. The van der Waals surface area contributed by atoms with Gasteiger partial charge in [-0.05, 0) is 32.1 Å². The molecule has 6 nitrogen and oxygen atoms in total. The fourth-order valence-electron chi connectivity index (χ4n) is 3.15. The zero-order valence-electron chi connectivity index (χ0n) is 12.8. The highest BCUT2D eigenvalue weighted by Gasteiger charge is 2.28. The SMILES string of the molecule is COC1CCC(C2=N[N+](CCCC(=O)O)=C(N)CC2)CC1. The van der Waals surface area contributed by atoms with Crippen molar-refractivity contribution in [1.29, 1.82) is 0 Å². The molecule has 2 rings (SSSR count). The van der Waals surface area contributed by atoms with Crippen LogP contribution in [0.1, 0.15) is 51.4 Å². The summed E-state index contributed by atoms with van der Waals surface area (Å²) in [5, 5.41) is 13.4. The van der Waals surface area contributed by atoms with Crippen LogP contribution in [0, 0.1) is 5.92 Å². The van der Waals surface area contributed by atoms with Crippen LogP contribution in [0.3, 0.4) is 0 Å². The second-order valence-corrected chi connectivity index (χ2v) is 5.91. The summed E-state index contributed by atoms with van der Waals surface area (Å²) < 4.78 is 7.22. The third-order valence-electron chi connectivity index (χ3n) is 4.46. The van der Waals surface area contributed by atoms with Crippen LogP contribution in [0.4, 0.5) is 0 Å². The Morgan fingerprint density at radius 1 is 1.38 bits per heavy atom. The summed E-state index contributed by atoms with van der Waals surface area (Å²) in [6, 6.07) is 0. The first-order valence-electron chi connectivity index (χ1n) is 7.81. The lowest BCUT2D eigenvalue weighted by Crippen LogP contribution is -2.35. The van der Waals surface area contributed by atoms with Crippen LogP contribution < -0.4 is 5.73 Å². The van der Waals surface area contributed by atoms with Crippen molar-refractivity contribution >= 4 is 17.5 Å². The molecule has 0 aromatic heterocycles. The van der Waals surface area contributed by atoms with E-state index in [0.29, 0.717) is 25.0 Å². The van der Waals surface area contributed by atoms with Crippen molar-refractivity contribution in [2.45, 2.75) is 57.5 Å². The third kappa shape index (κ3) is 4.52. The molecule has 1 heterocycles. The molecule has 6 heteroatoms. The Morgan fingerprint density at radius 3 is 2.71 bits per heavy atom. The van der Waals surface area contributed by atoms with E-state index in [1.807, 2.05) is 4.68 Å². The van der Waals surface area contributed by atoms with Crippen LogP contribution in [-0.4, -0.2) is 47.1 Å². The summed E-state index contributed by atoms with van der Waals surface area (Å²) in [6.07, 6.45) is 7.34. The Bertz CT molecular complexity index is 437. The molecule has 0 amide bonds. The second kappa shape index (κ2) is 7.54. The van der Waals surface area contributed by atoms with E-state index >= 15 is 0 Å². The van der Waals surface area contributed by atoms with Crippen LogP contribution in [0.5, 0.6) is 0 Å². The molecule has 0 atom stereocenters. The normalized spacial score (nSPS) is 26.6. The molecule has 1 aliphatic heterocycles. The standard InChI is InChI=1S/C15H25N3O3/c1-21-12-6-4-11(5-7-12)13-8-9-14(16)18(17-13)10-2-3-15(19)20/h11-12,16H,2-10H2,1H3,(H,19,20)/p+1. The first-order chi connectivity index (χ1) is 10.1. The highest BCUT2D eigenvalue weighted by Crippen LogP contribution is 2.29. The minimum absolute atomic E-state index is 0.160. The van der Waals surface area contributed by atoms with Crippen molar-refractivity contribution in [3.05, 3.63) is 0 Å². The van der Waals surface area contributed by atoms with Gasteiger partial charge in [0.25, 0.3) is 5.84 Å². The number of hydrogen-bond donors (Lipinski definition) is 2. The molecule has 118 valence electrons. The van der Waals surface area contributed by atoms with Crippen LogP contribution in [-0.2, 0) is 9.53 Å². The summed E-state index contributed by atoms with van der Waals surface area (Å²) in [5.74, 6) is 0.522. The van der Waals surface area contributed by atoms with Gasteiger partial charge in [-0.3, -0.25) is 10.5 Å². The van der Waals surface area contributed by atoms with Gasteiger partial charge in [0.15, 0.2) is 0 Å². The molecule has 1 aliphatic carbocycles. The Hall–Kier alpha value is -1.43. The maximum atomic E-state index is 10.6. The lowest BCUT2D eigenvalue weighted by molar-refractivity contribution is -0.537. The number of hydrogen-bond acceptors (Lipinski definition) is 4. The second-order valence-electron chi connectivity index (χ2n) is 5.91. The average Bonchev–Trinajstić information content (AvgIpc) is 2.49. The van der Waals surface area contributed by atoms with Crippen LogP contribution in [0.15, 0.2) is 5.10 Å². The molecule has 0 spiro atoms. The van der Waals surface area contributed by atoms with E-state index in [4.69, 9.17) is 15.6 Å². The third-order valence-corrected chi connectivity index (χ3v) is 4.46. The summed E-state index contributed by atoms with van der Waals surface area (Å²) in [6.45, 7) is 0.592. The quantitative estimate of drug-likeness (QED) is 0.728. The molecule has 0 unspecified atom stereocenters. The van der Waals surface area contributed by atoms with E-state index in [0.717, 1.165) is 44.4 Å². The topological polar surface area (TPSA) is 87.9 Å². The van der Waals surface area contributed by atoms with Gasteiger partial charge in [-0.25, -0.2) is 0 Å². The van der Waals surface area contributed by atoms with Crippen molar-refractivity contribution in [3.63, 3.8) is 0 Å². The van der Waals surface area contributed by atoms with Crippen LogP contribution in [0.25, 0.3) is 0 Å². The van der Waals surface area contributed by atoms with E-state index in [2.05, 4.69) is 5.10 Å². The monoisotopic (exact) mass is 296 g/mol. The molecule has 1 saturated carbocycles. The number of nitrogens with zero attached hydrogens (tertiary/aromatic N) is 2. The van der Waals surface area contributed by atoms with Crippen LogP contribution in [0.2, 0.25) is 0 Å². The molecule has 2 aliphatic rings. The van der Waals surface area contributed by atoms with E-state index < -0.39 is 5.97 Å². The van der Waals surface area contributed by atoms with E-state index in [1.54, 1.807) is 7.11 Å². The summed E-state index contributed by atoms with van der Waals surface area (Å²) in [7, 11) is 1.78. The first-order valence-corrected chi connectivity index (χ1v) is 7.81. The lowest BCUT2D eigenvalue weighted by Gasteiger charge is -2.29. The van der Waals surface area contributed by atoms with Crippen molar-refractivity contribution in [2.24, 2.45) is 16.8 Å². The smallest absolute Gasteiger partial charge is 0.303 e. The maximum Gasteiger partial charge on any atom is 0.303 e. The highest BCUT2D eigenvalue weighted by atomic mass is 16.5. The van der Waals surface area contributed by atoms with Crippen molar-refractivity contribution in [1.82, 2.24) is 0 Å². The molecule has 0 bridgehead atoms. The minimum Gasteiger partial charge on any atom is -0.481 e. The average molecular weight is 296 g/mol. The number of nitrogens with two attached hydrogens (primary N) is 1. The Morgan fingerprint density at radius 2 is 2.10 bits per heavy atom. The molecule has 0 radical (unpaired) electrons. The van der Waals surface area contributed by atoms with Crippen molar-refractivity contribution in [2.75, 3.05) is 13.7 Å². The molecular weight excluding hydrogens is 270 g/mol. The van der Waals surface area contributed by atoms with E-state index in [-0.39, 0.29) is 6.42 Å². The molecule has 3 N–H and O–H groups in total. The summed E-state index contributed by atoms with van der Waals surface area (Å²) in [5.41, 5.74) is 7.23. The number of carboxylic acid groups (broad SMARTS) is 1. The maximum absolute atomic E-state index is 10.6. The lowest BCUT2D eigenvalue weighted by atomic mass is 9.82. The number of methoxy groups -OCH3 is 1. The summed E-state index contributed by atoms with van der Waals surface area (Å²) >= 11 is 0. The number of amidine groups is 1. The zero-order chi connectivity index (χ0) is 15.2. The number of ether oxygens (including phenoxy) is 1. The van der Waals surface area contributed by atoms with Gasteiger partial charge in [-0.1, -0.05) is 5.10 Å². The highest BCUT2D eigenvalue weighted by molar-refractivity contribution is 5.91. The largest absolute Gasteiger partial charge is 0.481 e. The zero-order valence-corrected chi connectivity index (χ0v) is 12.8. The molecule has 0 aromatic rings. The molecule has 21 heavy (non-hydrogen) atoms. The number of rotatable bonds is 6. The first kappa shape index (κ1) is 15.9. The summed E-state index contributed by atoms with van der Waals surface area (Å²) in [4.78, 5) is 10.6. The molecular formula is C15H26N3O3+. The fourth-order valence-corrected chi connectivity index (χ4v) is 3.15. The number of carboxylic acids is 1. The van der Waals surface area contributed by atoms with Gasteiger partial charge in [-0.2, -0.15) is 0 Å².